The Morgan fingerprint density at radius 3 is 1.93 bits per heavy atom. The van der Waals surface area contributed by atoms with Gasteiger partial charge < -0.3 is 5.11 Å². The van der Waals surface area contributed by atoms with Gasteiger partial charge in [0.1, 0.15) is 5.75 Å². The maximum absolute atomic E-state index is 9.13. The zero-order chi connectivity index (χ0) is 9.80. The van der Waals surface area contributed by atoms with E-state index in [4.69, 9.17) is 5.11 Å². The lowest BCUT2D eigenvalue weighted by Crippen LogP contribution is -2.01. The van der Waals surface area contributed by atoms with Crippen molar-refractivity contribution in [3.05, 3.63) is 54.6 Å². The lowest BCUT2D eigenvalue weighted by molar-refractivity contribution is 0.475. The number of aromatic hydroxyl groups is 1. The van der Waals surface area contributed by atoms with Crippen LogP contribution in [0.4, 0.5) is 0 Å². The minimum atomic E-state index is 0.326. The molecule has 0 spiro atoms. The summed E-state index contributed by atoms with van der Waals surface area (Å²) >= 11 is 0. The molecule has 0 aliphatic heterocycles. The van der Waals surface area contributed by atoms with Crippen molar-refractivity contribution in [2.45, 2.75) is 0 Å². The average Bonchev–Trinajstić information content (AvgIpc) is 2.23. The highest BCUT2D eigenvalue weighted by atomic mass is 31.1. The fourth-order valence-electron chi connectivity index (χ4n) is 1.23. The van der Waals surface area contributed by atoms with Crippen molar-refractivity contribution in [2.24, 2.45) is 0 Å². The van der Waals surface area contributed by atoms with Crippen molar-refractivity contribution >= 4 is 19.2 Å². The van der Waals surface area contributed by atoms with E-state index < -0.39 is 0 Å². The first-order valence-electron chi connectivity index (χ1n) is 4.46. The van der Waals surface area contributed by atoms with E-state index in [0.29, 0.717) is 14.3 Å². The fourth-order valence-corrected chi connectivity index (χ4v) is 2.26. The van der Waals surface area contributed by atoms with Crippen LogP contribution >= 0.6 is 8.58 Å². The number of rotatable bonds is 2. The molecule has 0 fully saturated rings. The van der Waals surface area contributed by atoms with E-state index in [2.05, 4.69) is 12.1 Å². The van der Waals surface area contributed by atoms with Crippen LogP contribution in [0.1, 0.15) is 0 Å². The Balaban J connectivity index is 2.16. The summed E-state index contributed by atoms with van der Waals surface area (Å²) in [4.78, 5) is 0. The van der Waals surface area contributed by atoms with E-state index in [0.717, 1.165) is 0 Å². The van der Waals surface area contributed by atoms with Gasteiger partial charge in [-0.15, -0.1) is 0 Å². The van der Waals surface area contributed by atoms with Gasteiger partial charge in [-0.05, 0) is 22.7 Å². The molecule has 0 bridgehead atoms. The number of hydrogen-bond donors (Lipinski definition) is 1. The highest BCUT2D eigenvalue weighted by molar-refractivity contribution is 7.55. The molecule has 2 aromatic rings. The Kier molecular flexibility index (Phi) is 2.81. The largest absolute Gasteiger partial charge is 0.508 e. The molecule has 2 heteroatoms. The first-order chi connectivity index (χ1) is 6.84. The van der Waals surface area contributed by atoms with E-state index >= 15 is 0 Å². The van der Waals surface area contributed by atoms with Crippen molar-refractivity contribution in [1.82, 2.24) is 0 Å². The second-order valence-electron chi connectivity index (χ2n) is 3.04. The van der Waals surface area contributed by atoms with Crippen LogP contribution in [0.15, 0.2) is 54.6 Å². The van der Waals surface area contributed by atoms with Crippen molar-refractivity contribution in [2.75, 3.05) is 0 Å². The standard InChI is InChI=1S/C12H11OP/c13-10-6-8-12(9-7-10)14-11-4-2-1-3-5-11/h1-9,13-14H. The fraction of sp³-hybridized carbons (Fsp3) is 0. The highest BCUT2D eigenvalue weighted by Gasteiger charge is 1.94. The molecule has 0 aromatic heterocycles. The summed E-state index contributed by atoms with van der Waals surface area (Å²) < 4.78 is 0. The summed E-state index contributed by atoms with van der Waals surface area (Å²) in [5, 5.41) is 11.7. The first kappa shape index (κ1) is 9.23. The van der Waals surface area contributed by atoms with Crippen LogP contribution in [0.3, 0.4) is 0 Å². The van der Waals surface area contributed by atoms with Gasteiger partial charge in [-0.1, -0.05) is 51.0 Å². The quantitative estimate of drug-likeness (QED) is 0.739. The summed E-state index contributed by atoms with van der Waals surface area (Å²) in [6, 6.07) is 17.7. The zero-order valence-electron chi connectivity index (χ0n) is 7.64. The number of hydrogen-bond acceptors (Lipinski definition) is 1. The van der Waals surface area contributed by atoms with Gasteiger partial charge in [-0.3, -0.25) is 0 Å². The average molecular weight is 202 g/mol. The monoisotopic (exact) mass is 202 g/mol. The molecular formula is C12H11OP. The molecule has 1 unspecified atom stereocenters. The lowest BCUT2D eigenvalue weighted by atomic mass is 10.3. The molecule has 0 radical (unpaired) electrons. The van der Waals surface area contributed by atoms with Crippen molar-refractivity contribution in [1.29, 1.82) is 0 Å². The van der Waals surface area contributed by atoms with Crippen molar-refractivity contribution in [3.63, 3.8) is 0 Å². The number of phenolic OH excluding ortho intramolecular Hbond substituents is 1. The van der Waals surface area contributed by atoms with Crippen LogP contribution < -0.4 is 10.6 Å². The van der Waals surface area contributed by atoms with Gasteiger partial charge >= 0.3 is 0 Å². The van der Waals surface area contributed by atoms with Gasteiger partial charge in [0.2, 0.25) is 0 Å². The third-order valence-electron chi connectivity index (χ3n) is 1.93. The molecule has 1 atom stereocenters. The second kappa shape index (κ2) is 4.26. The molecule has 0 heterocycles. The van der Waals surface area contributed by atoms with E-state index in [9.17, 15) is 0 Å². The van der Waals surface area contributed by atoms with Gasteiger partial charge in [0.15, 0.2) is 0 Å². The van der Waals surface area contributed by atoms with Crippen LogP contribution in [0.25, 0.3) is 0 Å². The predicted molar refractivity (Wildman–Crippen MR) is 62.1 cm³/mol. The molecule has 70 valence electrons. The maximum Gasteiger partial charge on any atom is 0.115 e. The van der Waals surface area contributed by atoms with Crippen LogP contribution in [0, 0.1) is 0 Å². The van der Waals surface area contributed by atoms with Crippen LogP contribution in [0.5, 0.6) is 5.75 Å². The summed E-state index contributed by atoms with van der Waals surface area (Å²) in [5.74, 6) is 0.326. The molecule has 14 heavy (non-hydrogen) atoms. The minimum Gasteiger partial charge on any atom is -0.508 e. The van der Waals surface area contributed by atoms with Crippen LogP contribution in [0.2, 0.25) is 0 Å². The third kappa shape index (κ3) is 2.34. The summed E-state index contributed by atoms with van der Waals surface area (Å²) in [6.07, 6.45) is 0. The molecule has 0 saturated heterocycles. The SMILES string of the molecule is Oc1ccc(Pc2ccccc2)cc1. The smallest absolute Gasteiger partial charge is 0.115 e. The molecule has 2 aromatic carbocycles. The minimum absolute atomic E-state index is 0.326. The summed E-state index contributed by atoms with van der Waals surface area (Å²) in [6.45, 7) is 0. The summed E-state index contributed by atoms with van der Waals surface area (Å²) in [5.41, 5.74) is 0. The van der Waals surface area contributed by atoms with Crippen molar-refractivity contribution < 1.29 is 5.11 Å². The third-order valence-corrected chi connectivity index (χ3v) is 3.17. The molecular weight excluding hydrogens is 191 g/mol. The Labute approximate surface area is 85.2 Å². The molecule has 1 nitrogen and oxygen atoms in total. The topological polar surface area (TPSA) is 20.2 Å². The van der Waals surface area contributed by atoms with Gasteiger partial charge in [-0.2, -0.15) is 0 Å². The Morgan fingerprint density at radius 2 is 1.29 bits per heavy atom. The second-order valence-corrected chi connectivity index (χ2v) is 4.44. The van der Waals surface area contributed by atoms with E-state index in [-0.39, 0.29) is 0 Å². The van der Waals surface area contributed by atoms with E-state index in [1.807, 2.05) is 30.3 Å². The van der Waals surface area contributed by atoms with E-state index in [1.54, 1.807) is 12.1 Å². The Bertz CT molecular complexity index is 394. The van der Waals surface area contributed by atoms with Crippen molar-refractivity contribution in [3.8, 4) is 5.75 Å². The normalized spacial score (nSPS) is 10.9. The van der Waals surface area contributed by atoms with Crippen LogP contribution in [-0.4, -0.2) is 5.11 Å². The summed E-state index contributed by atoms with van der Waals surface area (Å²) in [7, 11) is 0.662. The van der Waals surface area contributed by atoms with E-state index in [1.165, 1.54) is 10.6 Å². The van der Waals surface area contributed by atoms with Gasteiger partial charge in [0.05, 0.1) is 0 Å². The molecule has 0 saturated carbocycles. The Morgan fingerprint density at radius 1 is 0.714 bits per heavy atom. The number of phenols is 1. The first-order valence-corrected chi connectivity index (χ1v) is 5.46. The molecule has 0 aliphatic rings. The highest BCUT2D eigenvalue weighted by Crippen LogP contribution is 2.12. The number of benzene rings is 2. The van der Waals surface area contributed by atoms with Gasteiger partial charge in [0.25, 0.3) is 0 Å². The molecule has 1 N–H and O–H groups in total. The van der Waals surface area contributed by atoms with Gasteiger partial charge in [0, 0.05) is 0 Å². The molecule has 0 amide bonds. The molecule has 2 rings (SSSR count). The molecule has 0 aliphatic carbocycles. The Hall–Kier alpha value is -1.33. The predicted octanol–water partition coefficient (Wildman–Crippen LogP) is 2.02. The van der Waals surface area contributed by atoms with Gasteiger partial charge in [-0.25, -0.2) is 0 Å². The zero-order valence-corrected chi connectivity index (χ0v) is 8.64. The van der Waals surface area contributed by atoms with Crippen LogP contribution in [-0.2, 0) is 0 Å². The lowest BCUT2D eigenvalue weighted by Gasteiger charge is -2.01. The maximum atomic E-state index is 9.13.